The lowest BCUT2D eigenvalue weighted by Crippen LogP contribution is -2.27. The maximum atomic E-state index is 3.54. The topological polar surface area (TPSA) is 12.0 Å². The minimum absolute atomic E-state index is 0.788. The van der Waals surface area contributed by atoms with Gasteiger partial charge in [0.1, 0.15) is 0 Å². The Balaban J connectivity index is 1.93. The first-order valence-corrected chi connectivity index (χ1v) is 5.89. The zero-order chi connectivity index (χ0) is 9.68. The molecule has 1 unspecified atom stereocenters. The van der Waals surface area contributed by atoms with E-state index in [4.69, 9.17) is 0 Å². The second kappa shape index (κ2) is 5.64. The average Bonchev–Trinajstić information content (AvgIpc) is 1.96. The number of rotatable bonds is 6. The van der Waals surface area contributed by atoms with E-state index in [9.17, 15) is 0 Å². The normalized spacial score (nSPS) is 20.3. The molecule has 0 saturated heterocycles. The highest BCUT2D eigenvalue weighted by atomic mass is 14.9. The molecule has 1 aliphatic carbocycles. The summed E-state index contributed by atoms with van der Waals surface area (Å²) < 4.78 is 0. The summed E-state index contributed by atoms with van der Waals surface area (Å²) in [6.07, 6.45) is 5.92. The highest BCUT2D eigenvalue weighted by Crippen LogP contribution is 2.31. The fourth-order valence-electron chi connectivity index (χ4n) is 2.00. The molecule has 78 valence electrons. The van der Waals surface area contributed by atoms with Gasteiger partial charge < -0.3 is 5.32 Å². The van der Waals surface area contributed by atoms with Crippen LogP contribution in [-0.2, 0) is 0 Å². The van der Waals surface area contributed by atoms with Crippen molar-refractivity contribution in [3.8, 4) is 0 Å². The first-order chi connectivity index (χ1) is 6.18. The van der Waals surface area contributed by atoms with Gasteiger partial charge in [0.15, 0.2) is 0 Å². The minimum atomic E-state index is 0.788. The third-order valence-corrected chi connectivity index (χ3v) is 3.01. The predicted molar refractivity (Wildman–Crippen MR) is 58.8 cm³/mol. The quantitative estimate of drug-likeness (QED) is 0.667. The zero-order valence-electron chi connectivity index (χ0n) is 9.47. The Morgan fingerprint density at radius 1 is 1.15 bits per heavy atom. The fraction of sp³-hybridized carbons (Fsp3) is 1.00. The van der Waals surface area contributed by atoms with E-state index in [1.54, 1.807) is 0 Å². The molecular weight excluding hydrogens is 158 g/mol. The van der Waals surface area contributed by atoms with Gasteiger partial charge in [0, 0.05) is 0 Å². The lowest BCUT2D eigenvalue weighted by atomic mass is 9.79. The van der Waals surface area contributed by atoms with Crippen LogP contribution in [0.1, 0.15) is 46.5 Å². The smallest absolute Gasteiger partial charge is 0.00229 e. The molecule has 1 aliphatic rings. The monoisotopic (exact) mass is 183 g/mol. The molecule has 1 N–H and O–H groups in total. The van der Waals surface area contributed by atoms with Crippen molar-refractivity contribution in [1.29, 1.82) is 0 Å². The van der Waals surface area contributed by atoms with E-state index in [1.165, 1.54) is 38.8 Å². The van der Waals surface area contributed by atoms with E-state index >= 15 is 0 Å². The van der Waals surface area contributed by atoms with Crippen LogP contribution in [0.4, 0.5) is 0 Å². The van der Waals surface area contributed by atoms with E-state index < -0.39 is 0 Å². The summed E-state index contributed by atoms with van der Waals surface area (Å²) in [4.78, 5) is 0. The molecule has 0 amide bonds. The van der Waals surface area contributed by atoms with Gasteiger partial charge in [-0.1, -0.05) is 40.0 Å². The molecule has 1 fully saturated rings. The van der Waals surface area contributed by atoms with Gasteiger partial charge >= 0.3 is 0 Å². The summed E-state index contributed by atoms with van der Waals surface area (Å²) in [6.45, 7) is 9.31. The Labute approximate surface area is 83.3 Å². The molecule has 0 aromatic heterocycles. The zero-order valence-corrected chi connectivity index (χ0v) is 9.47. The standard InChI is InChI=1S/C12H25N/c1-10(2)8-13-9-11(3)7-12-5-4-6-12/h10-13H,4-9H2,1-3H3. The lowest BCUT2D eigenvalue weighted by molar-refractivity contribution is 0.252. The molecule has 1 atom stereocenters. The molecule has 1 heteroatoms. The largest absolute Gasteiger partial charge is 0.316 e. The van der Waals surface area contributed by atoms with Gasteiger partial charge in [0.25, 0.3) is 0 Å². The molecule has 1 rings (SSSR count). The second-order valence-electron chi connectivity index (χ2n) is 5.19. The predicted octanol–water partition coefficient (Wildman–Crippen LogP) is 3.06. The molecule has 0 heterocycles. The van der Waals surface area contributed by atoms with Crippen LogP contribution in [0, 0.1) is 17.8 Å². The van der Waals surface area contributed by atoms with Gasteiger partial charge in [-0.15, -0.1) is 0 Å². The molecule has 1 nitrogen and oxygen atoms in total. The Hall–Kier alpha value is -0.0400. The highest BCUT2D eigenvalue weighted by Gasteiger charge is 2.19. The summed E-state index contributed by atoms with van der Waals surface area (Å²) in [7, 11) is 0. The van der Waals surface area contributed by atoms with Crippen LogP contribution in [0.25, 0.3) is 0 Å². The minimum Gasteiger partial charge on any atom is -0.316 e. The average molecular weight is 183 g/mol. The summed E-state index contributed by atoms with van der Waals surface area (Å²) in [5, 5.41) is 3.54. The van der Waals surface area contributed by atoms with Crippen molar-refractivity contribution < 1.29 is 0 Å². The molecule has 0 aliphatic heterocycles. The molecule has 0 aromatic rings. The van der Waals surface area contributed by atoms with Gasteiger partial charge in [-0.2, -0.15) is 0 Å². The SMILES string of the molecule is CC(C)CNCC(C)CC1CCC1. The number of nitrogens with one attached hydrogen (secondary N) is 1. The summed E-state index contributed by atoms with van der Waals surface area (Å²) >= 11 is 0. The molecule has 13 heavy (non-hydrogen) atoms. The van der Waals surface area contributed by atoms with E-state index in [0.717, 1.165) is 17.8 Å². The van der Waals surface area contributed by atoms with Crippen molar-refractivity contribution in [3.63, 3.8) is 0 Å². The van der Waals surface area contributed by atoms with Gasteiger partial charge in [0.05, 0.1) is 0 Å². The molecule has 0 bridgehead atoms. The second-order valence-corrected chi connectivity index (χ2v) is 5.19. The number of hydrogen-bond donors (Lipinski definition) is 1. The van der Waals surface area contributed by atoms with E-state index in [2.05, 4.69) is 26.1 Å². The first-order valence-electron chi connectivity index (χ1n) is 5.89. The van der Waals surface area contributed by atoms with Crippen LogP contribution in [0.3, 0.4) is 0 Å². The molecule has 0 aromatic carbocycles. The van der Waals surface area contributed by atoms with Crippen molar-refractivity contribution in [2.75, 3.05) is 13.1 Å². The van der Waals surface area contributed by atoms with Gasteiger partial charge in [-0.3, -0.25) is 0 Å². The third-order valence-electron chi connectivity index (χ3n) is 3.01. The fourth-order valence-corrected chi connectivity index (χ4v) is 2.00. The third kappa shape index (κ3) is 4.66. The van der Waals surface area contributed by atoms with Crippen LogP contribution in [0.5, 0.6) is 0 Å². The van der Waals surface area contributed by atoms with E-state index in [-0.39, 0.29) is 0 Å². The lowest BCUT2D eigenvalue weighted by Gasteiger charge is -2.28. The molecule has 1 saturated carbocycles. The van der Waals surface area contributed by atoms with Crippen molar-refractivity contribution in [3.05, 3.63) is 0 Å². The van der Waals surface area contributed by atoms with Crippen molar-refractivity contribution in [2.45, 2.75) is 46.5 Å². The van der Waals surface area contributed by atoms with Crippen LogP contribution in [0.2, 0.25) is 0 Å². The Kier molecular flexibility index (Phi) is 4.79. The van der Waals surface area contributed by atoms with Crippen molar-refractivity contribution in [1.82, 2.24) is 5.32 Å². The maximum absolute atomic E-state index is 3.54. The number of hydrogen-bond acceptors (Lipinski definition) is 1. The molecular formula is C12H25N. The molecule has 0 spiro atoms. The van der Waals surface area contributed by atoms with Gasteiger partial charge in [0.2, 0.25) is 0 Å². The summed E-state index contributed by atoms with van der Waals surface area (Å²) in [5.41, 5.74) is 0. The summed E-state index contributed by atoms with van der Waals surface area (Å²) in [6, 6.07) is 0. The van der Waals surface area contributed by atoms with Crippen LogP contribution in [-0.4, -0.2) is 13.1 Å². The summed E-state index contributed by atoms with van der Waals surface area (Å²) in [5.74, 6) is 2.73. The Bertz CT molecular complexity index is 127. The Morgan fingerprint density at radius 2 is 1.85 bits per heavy atom. The van der Waals surface area contributed by atoms with E-state index in [1.807, 2.05) is 0 Å². The van der Waals surface area contributed by atoms with Crippen LogP contribution in [0.15, 0.2) is 0 Å². The van der Waals surface area contributed by atoms with E-state index in [0.29, 0.717) is 0 Å². The van der Waals surface area contributed by atoms with Crippen LogP contribution < -0.4 is 5.32 Å². The first kappa shape index (κ1) is 11.0. The van der Waals surface area contributed by atoms with Crippen LogP contribution >= 0.6 is 0 Å². The maximum Gasteiger partial charge on any atom is -0.00229 e. The van der Waals surface area contributed by atoms with Gasteiger partial charge in [-0.05, 0) is 37.3 Å². The molecule has 0 radical (unpaired) electrons. The van der Waals surface area contributed by atoms with Crippen molar-refractivity contribution in [2.24, 2.45) is 17.8 Å². The highest BCUT2D eigenvalue weighted by molar-refractivity contribution is 4.72. The Morgan fingerprint density at radius 3 is 2.31 bits per heavy atom. The van der Waals surface area contributed by atoms with Crippen molar-refractivity contribution >= 4 is 0 Å². The van der Waals surface area contributed by atoms with Gasteiger partial charge in [-0.25, -0.2) is 0 Å².